The molecule has 3 rings (SSSR count). The number of ether oxygens (including phenoxy) is 1. The Hall–Kier alpha value is -2.44. The van der Waals surface area contributed by atoms with Crippen LogP contribution in [0.25, 0.3) is 0 Å². The first-order valence-corrected chi connectivity index (χ1v) is 10.5. The van der Waals surface area contributed by atoms with Crippen LogP contribution in [0.4, 0.5) is 18.3 Å². The molecule has 1 unspecified atom stereocenters. The van der Waals surface area contributed by atoms with Gasteiger partial charge >= 0.3 is 6.18 Å². The Morgan fingerprint density at radius 3 is 2.41 bits per heavy atom. The molecule has 2 aromatic heterocycles. The van der Waals surface area contributed by atoms with Gasteiger partial charge in [0.2, 0.25) is 5.13 Å². The molecule has 0 bridgehead atoms. The Balaban J connectivity index is 1.70. The second-order valence-corrected chi connectivity index (χ2v) is 8.77. The molecule has 1 N–H and O–H groups in total. The van der Waals surface area contributed by atoms with Gasteiger partial charge in [-0.2, -0.15) is 13.2 Å². The lowest BCUT2D eigenvalue weighted by Crippen LogP contribution is -2.14. The minimum absolute atomic E-state index is 0.0635. The zero-order valence-electron chi connectivity index (χ0n) is 14.5. The Morgan fingerprint density at radius 2 is 1.83 bits per heavy atom. The van der Waals surface area contributed by atoms with E-state index in [0.29, 0.717) is 28.0 Å². The minimum Gasteiger partial charge on any atom is -0.483 e. The summed E-state index contributed by atoms with van der Waals surface area (Å²) in [6.07, 6.45) is -4.57. The van der Waals surface area contributed by atoms with Gasteiger partial charge in [0.25, 0.3) is 10.0 Å². The van der Waals surface area contributed by atoms with Gasteiger partial charge in [-0.25, -0.2) is 8.42 Å². The largest absolute Gasteiger partial charge is 0.483 e. The number of pyridine rings is 1. The molecule has 2 heterocycles. The Labute approximate surface area is 172 Å². The van der Waals surface area contributed by atoms with Crippen LogP contribution in [0.3, 0.4) is 0 Å². The van der Waals surface area contributed by atoms with Gasteiger partial charge in [0, 0.05) is 11.2 Å². The van der Waals surface area contributed by atoms with E-state index in [2.05, 4.69) is 19.9 Å². The first-order valence-electron chi connectivity index (χ1n) is 7.86. The fraction of sp³-hybridized carbons (Fsp3) is 0.188. The zero-order chi connectivity index (χ0) is 21.2. The van der Waals surface area contributed by atoms with E-state index in [0.717, 1.165) is 17.4 Å². The topological polar surface area (TPSA) is 94.1 Å². The molecule has 3 aromatic rings. The maximum atomic E-state index is 12.6. The van der Waals surface area contributed by atoms with Crippen LogP contribution >= 0.6 is 22.9 Å². The fourth-order valence-corrected chi connectivity index (χ4v) is 4.11. The molecule has 0 aliphatic heterocycles. The molecule has 13 heteroatoms. The standard InChI is InChI=1S/C16H12ClF3N4O3S2/c1-9(27-11-4-2-10(17)3-5-11)14-22-23-15(28-14)24-29(25,26)12-6-7-13(21-8-12)16(18,19)20/h2-9H,1H3,(H,23,24). The lowest BCUT2D eigenvalue weighted by atomic mass is 10.3. The summed E-state index contributed by atoms with van der Waals surface area (Å²) in [5.74, 6) is 0.537. The number of rotatable bonds is 6. The van der Waals surface area contributed by atoms with Crippen molar-refractivity contribution in [3.8, 4) is 5.75 Å². The minimum atomic E-state index is -4.66. The molecule has 0 saturated heterocycles. The summed E-state index contributed by atoms with van der Waals surface area (Å²) in [7, 11) is -4.18. The van der Waals surface area contributed by atoms with E-state index in [4.69, 9.17) is 16.3 Å². The first-order chi connectivity index (χ1) is 13.5. The maximum absolute atomic E-state index is 12.6. The quantitative estimate of drug-likeness (QED) is 0.575. The van der Waals surface area contributed by atoms with Crippen molar-refractivity contribution in [2.45, 2.75) is 24.1 Å². The number of nitrogens with one attached hydrogen (secondary N) is 1. The number of halogens is 4. The highest BCUT2D eigenvalue weighted by Gasteiger charge is 2.32. The summed E-state index contributed by atoms with van der Waals surface area (Å²) >= 11 is 6.74. The molecule has 29 heavy (non-hydrogen) atoms. The van der Waals surface area contributed by atoms with Crippen LogP contribution in [0, 0.1) is 0 Å². The smallest absolute Gasteiger partial charge is 0.433 e. The van der Waals surface area contributed by atoms with Crippen molar-refractivity contribution in [3.05, 3.63) is 58.3 Å². The average molecular weight is 465 g/mol. The van der Waals surface area contributed by atoms with Gasteiger partial charge in [-0.3, -0.25) is 9.71 Å². The summed E-state index contributed by atoms with van der Waals surface area (Å²) in [6.45, 7) is 1.70. The summed E-state index contributed by atoms with van der Waals surface area (Å²) in [6, 6.07) is 8.04. The number of sulfonamides is 1. The molecule has 1 aromatic carbocycles. The number of nitrogens with zero attached hydrogens (tertiary/aromatic N) is 3. The fourth-order valence-electron chi connectivity index (χ4n) is 2.09. The first kappa shape index (κ1) is 21.3. The third-order valence-corrected chi connectivity index (χ3v) is 6.18. The lowest BCUT2D eigenvalue weighted by Gasteiger charge is -2.11. The highest BCUT2D eigenvalue weighted by atomic mass is 35.5. The SMILES string of the molecule is CC(Oc1ccc(Cl)cc1)c1nnc(NS(=O)(=O)c2ccc(C(F)(F)F)nc2)s1. The van der Waals surface area contributed by atoms with Gasteiger partial charge in [0.05, 0.1) is 0 Å². The highest BCUT2D eigenvalue weighted by molar-refractivity contribution is 7.93. The molecule has 0 radical (unpaired) electrons. The van der Waals surface area contributed by atoms with Crippen molar-refractivity contribution in [2.75, 3.05) is 4.72 Å². The van der Waals surface area contributed by atoms with E-state index in [9.17, 15) is 21.6 Å². The van der Waals surface area contributed by atoms with Gasteiger partial charge < -0.3 is 4.74 Å². The van der Waals surface area contributed by atoms with Crippen LogP contribution in [0.1, 0.15) is 23.7 Å². The molecule has 0 aliphatic carbocycles. The van der Waals surface area contributed by atoms with Crippen LogP contribution < -0.4 is 9.46 Å². The number of hydrogen-bond acceptors (Lipinski definition) is 7. The molecule has 0 fully saturated rings. The molecule has 0 aliphatic rings. The van der Waals surface area contributed by atoms with Crippen molar-refractivity contribution in [3.63, 3.8) is 0 Å². The molecule has 0 saturated carbocycles. The molecule has 7 nitrogen and oxygen atoms in total. The van der Waals surface area contributed by atoms with E-state index in [1.807, 2.05) is 0 Å². The third kappa shape index (κ3) is 5.34. The molecular formula is C16H12ClF3N4O3S2. The van der Waals surface area contributed by atoms with Crippen molar-refractivity contribution in [1.29, 1.82) is 0 Å². The van der Waals surface area contributed by atoms with E-state index < -0.39 is 32.9 Å². The van der Waals surface area contributed by atoms with Crippen LogP contribution in [-0.4, -0.2) is 23.6 Å². The van der Waals surface area contributed by atoms with Crippen LogP contribution in [0.15, 0.2) is 47.5 Å². The molecule has 0 amide bonds. The molecular weight excluding hydrogens is 453 g/mol. The predicted octanol–water partition coefficient (Wildman–Crippen LogP) is 4.55. The van der Waals surface area contributed by atoms with Gasteiger partial charge in [-0.05, 0) is 43.3 Å². The number of hydrogen-bond donors (Lipinski definition) is 1. The zero-order valence-corrected chi connectivity index (χ0v) is 16.9. The van der Waals surface area contributed by atoms with Crippen LogP contribution in [0.5, 0.6) is 5.75 Å². The lowest BCUT2D eigenvalue weighted by molar-refractivity contribution is -0.141. The predicted molar refractivity (Wildman–Crippen MR) is 100 cm³/mol. The monoisotopic (exact) mass is 464 g/mol. The number of aromatic nitrogens is 3. The van der Waals surface area contributed by atoms with E-state index in [-0.39, 0.29) is 5.13 Å². The van der Waals surface area contributed by atoms with Gasteiger partial charge in [-0.1, -0.05) is 22.9 Å². The van der Waals surface area contributed by atoms with Gasteiger partial charge in [0.15, 0.2) is 5.01 Å². The van der Waals surface area contributed by atoms with Crippen LogP contribution in [0.2, 0.25) is 5.02 Å². The normalized spacial score (nSPS) is 13.1. The van der Waals surface area contributed by atoms with Crippen LogP contribution in [-0.2, 0) is 16.2 Å². The second-order valence-electron chi connectivity index (χ2n) is 5.64. The summed E-state index contributed by atoms with van der Waals surface area (Å²) in [5.41, 5.74) is -1.19. The Bertz CT molecular complexity index is 1090. The molecule has 0 spiro atoms. The van der Waals surface area contributed by atoms with Gasteiger partial charge in [-0.15, -0.1) is 10.2 Å². The van der Waals surface area contributed by atoms with E-state index >= 15 is 0 Å². The number of anilines is 1. The summed E-state index contributed by atoms with van der Waals surface area (Å²) in [4.78, 5) is 2.70. The molecule has 154 valence electrons. The van der Waals surface area contributed by atoms with Crippen molar-refractivity contribution in [1.82, 2.24) is 15.2 Å². The second kappa shape index (κ2) is 8.13. The Morgan fingerprint density at radius 1 is 1.14 bits per heavy atom. The van der Waals surface area contributed by atoms with E-state index in [1.54, 1.807) is 31.2 Å². The summed E-state index contributed by atoms with van der Waals surface area (Å²) < 4.78 is 70.2. The molecule has 1 atom stereocenters. The third-order valence-electron chi connectivity index (χ3n) is 3.47. The highest BCUT2D eigenvalue weighted by Crippen LogP contribution is 2.30. The average Bonchev–Trinajstić information content (AvgIpc) is 3.11. The van der Waals surface area contributed by atoms with Crippen molar-refractivity contribution in [2.24, 2.45) is 0 Å². The summed E-state index contributed by atoms with van der Waals surface area (Å²) in [5, 5.41) is 8.50. The van der Waals surface area contributed by atoms with E-state index in [1.165, 1.54) is 0 Å². The maximum Gasteiger partial charge on any atom is 0.433 e. The van der Waals surface area contributed by atoms with Crippen molar-refractivity contribution < 1.29 is 26.3 Å². The number of alkyl halides is 3. The van der Waals surface area contributed by atoms with Gasteiger partial charge in [0.1, 0.15) is 22.4 Å². The number of benzene rings is 1. The Kier molecular flexibility index (Phi) is 5.96. The van der Waals surface area contributed by atoms with Crippen molar-refractivity contribution >= 4 is 38.1 Å².